The Morgan fingerprint density at radius 3 is 2.94 bits per heavy atom. The van der Waals surface area contributed by atoms with E-state index in [9.17, 15) is 0 Å². The fraction of sp³-hybridized carbons (Fsp3) is 0.615. The van der Waals surface area contributed by atoms with Crippen LogP contribution in [-0.2, 0) is 0 Å². The summed E-state index contributed by atoms with van der Waals surface area (Å²) < 4.78 is 0.919. The zero-order chi connectivity index (χ0) is 12.3. The molecule has 0 amide bonds. The minimum absolute atomic E-state index is 0.510. The average molecular weight is 298 g/mol. The lowest BCUT2D eigenvalue weighted by molar-refractivity contribution is 0.332. The summed E-state index contributed by atoms with van der Waals surface area (Å²) in [5.74, 6) is 0.604. The van der Waals surface area contributed by atoms with Crippen LogP contribution in [0, 0.1) is 12.8 Å². The number of aryl methyl sites for hydroxylation is 1. The third-order valence-corrected chi connectivity index (χ3v) is 4.41. The summed E-state index contributed by atoms with van der Waals surface area (Å²) in [5, 5.41) is 3.59. The zero-order valence-electron chi connectivity index (χ0n) is 10.2. The zero-order valence-corrected chi connectivity index (χ0v) is 11.8. The molecule has 1 aliphatic carbocycles. The highest BCUT2D eigenvalue weighted by atomic mass is 79.9. The SMILES string of the molecule is Cc1cc(NC2CCCCC2CN)cnc1Br. The number of anilines is 1. The highest BCUT2D eigenvalue weighted by Gasteiger charge is 2.23. The van der Waals surface area contributed by atoms with E-state index < -0.39 is 0 Å². The van der Waals surface area contributed by atoms with Crippen LogP contribution in [-0.4, -0.2) is 17.6 Å². The Morgan fingerprint density at radius 1 is 1.47 bits per heavy atom. The predicted octanol–water partition coefficient (Wildman–Crippen LogP) is 3.08. The summed E-state index contributed by atoms with van der Waals surface area (Å²) in [6.45, 7) is 2.84. The topological polar surface area (TPSA) is 50.9 Å². The number of halogens is 1. The number of hydrogen-bond acceptors (Lipinski definition) is 3. The Bertz CT molecular complexity index is 381. The first-order valence-corrected chi connectivity index (χ1v) is 7.08. The van der Waals surface area contributed by atoms with Gasteiger partial charge in [0.15, 0.2) is 0 Å². The second-order valence-corrected chi connectivity index (χ2v) is 5.61. The molecule has 1 fully saturated rings. The molecule has 94 valence electrons. The predicted molar refractivity (Wildman–Crippen MR) is 75.1 cm³/mol. The minimum atomic E-state index is 0.510. The van der Waals surface area contributed by atoms with Crippen LogP contribution < -0.4 is 11.1 Å². The second kappa shape index (κ2) is 5.83. The highest BCUT2D eigenvalue weighted by Crippen LogP contribution is 2.27. The Hall–Kier alpha value is -0.610. The maximum Gasteiger partial charge on any atom is 0.109 e. The van der Waals surface area contributed by atoms with Gasteiger partial charge in [0.25, 0.3) is 0 Å². The standard InChI is InChI=1S/C13H20BrN3/c1-9-6-11(8-16-13(9)14)17-12-5-3-2-4-10(12)7-15/h6,8,10,12,17H,2-5,7,15H2,1H3. The van der Waals surface area contributed by atoms with E-state index in [-0.39, 0.29) is 0 Å². The molecule has 0 aliphatic heterocycles. The number of hydrogen-bond donors (Lipinski definition) is 2. The van der Waals surface area contributed by atoms with Gasteiger partial charge >= 0.3 is 0 Å². The fourth-order valence-corrected chi connectivity index (χ4v) is 2.75. The van der Waals surface area contributed by atoms with E-state index in [4.69, 9.17) is 5.73 Å². The van der Waals surface area contributed by atoms with E-state index >= 15 is 0 Å². The molecule has 0 bridgehead atoms. The van der Waals surface area contributed by atoms with Crippen molar-refractivity contribution in [1.29, 1.82) is 0 Å². The Morgan fingerprint density at radius 2 is 2.24 bits per heavy atom. The van der Waals surface area contributed by atoms with Gasteiger partial charge in [0.2, 0.25) is 0 Å². The monoisotopic (exact) mass is 297 g/mol. The van der Waals surface area contributed by atoms with E-state index in [0.717, 1.165) is 22.4 Å². The van der Waals surface area contributed by atoms with Gasteiger partial charge in [-0.2, -0.15) is 0 Å². The number of nitrogens with zero attached hydrogens (tertiary/aromatic N) is 1. The number of nitrogens with one attached hydrogen (secondary N) is 1. The van der Waals surface area contributed by atoms with E-state index in [1.807, 2.05) is 6.20 Å². The average Bonchev–Trinajstić information content (AvgIpc) is 2.34. The molecule has 3 N–H and O–H groups in total. The van der Waals surface area contributed by atoms with Crippen LogP contribution in [0.1, 0.15) is 31.2 Å². The second-order valence-electron chi connectivity index (χ2n) is 4.86. The summed E-state index contributed by atoms with van der Waals surface area (Å²) in [5.41, 5.74) is 8.11. The van der Waals surface area contributed by atoms with Crippen molar-refractivity contribution in [2.24, 2.45) is 11.7 Å². The van der Waals surface area contributed by atoms with Crippen LogP contribution >= 0.6 is 15.9 Å². The smallest absolute Gasteiger partial charge is 0.109 e. The van der Waals surface area contributed by atoms with Gasteiger partial charge in [-0.3, -0.25) is 0 Å². The van der Waals surface area contributed by atoms with Gasteiger partial charge in [0.05, 0.1) is 11.9 Å². The maximum absolute atomic E-state index is 5.84. The van der Waals surface area contributed by atoms with Crippen LogP contribution in [0.25, 0.3) is 0 Å². The summed E-state index contributed by atoms with van der Waals surface area (Å²) in [7, 11) is 0. The molecule has 1 aliphatic rings. The number of aromatic nitrogens is 1. The number of pyridine rings is 1. The Balaban J connectivity index is 2.05. The van der Waals surface area contributed by atoms with Crippen molar-refractivity contribution < 1.29 is 0 Å². The maximum atomic E-state index is 5.84. The van der Waals surface area contributed by atoms with Crippen LogP contribution in [0.3, 0.4) is 0 Å². The van der Waals surface area contributed by atoms with Gasteiger partial charge in [-0.05, 0) is 59.8 Å². The van der Waals surface area contributed by atoms with Crippen molar-refractivity contribution in [2.45, 2.75) is 38.6 Å². The van der Waals surface area contributed by atoms with E-state index in [0.29, 0.717) is 12.0 Å². The lowest BCUT2D eigenvalue weighted by atomic mass is 9.84. The van der Waals surface area contributed by atoms with Crippen molar-refractivity contribution >= 4 is 21.6 Å². The van der Waals surface area contributed by atoms with Gasteiger partial charge in [-0.1, -0.05) is 12.8 Å². The first kappa shape index (κ1) is 12.8. The van der Waals surface area contributed by atoms with Crippen molar-refractivity contribution in [3.8, 4) is 0 Å². The number of nitrogens with two attached hydrogens (primary N) is 1. The van der Waals surface area contributed by atoms with Crippen LogP contribution in [0.5, 0.6) is 0 Å². The normalized spacial score (nSPS) is 24.6. The molecule has 1 saturated carbocycles. The molecule has 1 aromatic rings. The van der Waals surface area contributed by atoms with Gasteiger partial charge < -0.3 is 11.1 Å². The summed E-state index contributed by atoms with van der Waals surface area (Å²) in [6, 6.07) is 2.65. The van der Waals surface area contributed by atoms with Crippen molar-refractivity contribution in [3.05, 3.63) is 22.4 Å². The molecule has 1 heterocycles. The molecule has 2 rings (SSSR count). The third kappa shape index (κ3) is 3.19. The van der Waals surface area contributed by atoms with Gasteiger partial charge in [-0.15, -0.1) is 0 Å². The van der Waals surface area contributed by atoms with Gasteiger partial charge in [0.1, 0.15) is 4.60 Å². The molecule has 17 heavy (non-hydrogen) atoms. The molecular weight excluding hydrogens is 278 g/mol. The largest absolute Gasteiger partial charge is 0.381 e. The first-order chi connectivity index (χ1) is 8.20. The van der Waals surface area contributed by atoms with Gasteiger partial charge in [0, 0.05) is 6.04 Å². The summed E-state index contributed by atoms with van der Waals surface area (Å²) in [6.07, 6.45) is 6.97. The van der Waals surface area contributed by atoms with E-state index in [1.165, 1.54) is 25.7 Å². The molecule has 0 aromatic carbocycles. The molecular formula is C13H20BrN3. The van der Waals surface area contributed by atoms with Crippen LogP contribution in [0.2, 0.25) is 0 Å². The molecule has 3 nitrogen and oxygen atoms in total. The highest BCUT2D eigenvalue weighted by molar-refractivity contribution is 9.10. The van der Waals surface area contributed by atoms with E-state index in [2.05, 4.69) is 39.2 Å². The number of rotatable bonds is 3. The molecule has 2 atom stereocenters. The lowest BCUT2D eigenvalue weighted by Gasteiger charge is -2.32. The first-order valence-electron chi connectivity index (χ1n) is 6.29. The van der Waals surface area contributed by atoms with Gasteiger partial charge in [-0.25, -0.2) is 4.98 Å². The molecule has 4 heteroatoms. The van der Waals surface area contributed by atoms with Crippen molar-refractivity contribution in [3.63, 3.8) is 0 Å². The van der Waals surface area contributed by atoms with E-state index in [1.54, 1.807) is 0 Å². The summed E-state index contributed by atoms with van der Waals surface area (Å²) >= 11 is 3.42. The van der Waals surface area contributed by atoms with Crippen molar-refractivity contribution in [1.82, 2.24) is 4.98 Å². The molecule has 0 spiro atoms. The quantitative estimate of drug-likeness (QED) is 0.843. The molecule has 0 radical (unpaired) electrons. The van der Waals surface area contributed by atoms with Crippen LogP contribution in [0.4, 0.5) is 5.69 Å². The molecule has 1 aromatic heterocycles. The van der Waals surface area contributed by atoms with Crippen LogP contribution in [0.15, 0.2) is 16.9 Å². The molecule has 0 saturated heterocycles. The van der Waals surface area contributed by atoms with Crippen molar-refractivity contribution in [2.75, 3.05) is 11.9 Å². The Kier molecular flexibility index (Phi) is 4.40. The molecule has 2 unspecified atom stereocenters. The minimum Gasteiger partial charge on any atom is -0.381 e. The Labute approximate surface area is 111 Å². The fourth-order valence-electron chi connectivity index (χ4n) is 2.53. The third-order valence-electron chi connectivity index (χ3n) is 3.58. The summed E-state index contributed by atoms with van der Waals surface area (Å²) in [4.78, 5) is 4.32. The lowest BCUT2D eigenvalue weighted by Crippen LogP contribution is -2.36.